The van der Waals surface area contributed by atoms with Gasteiger partial charge in [-0.25, -0.2) is 0 Å². The minimum atomic E-state index is -0.240. The molecule has 20 heavy (non-hydrogen) atoms. The number of aromatic nitrogens is 2. The molecule has 1 amide bonds. The Morgan fingerprint density at radius 3 is 2.55 bits per heavy atom. The van der Waals surface area contributed by atoms with Gasteiger partial charge in [-0.2, -0.15) is 5.10 Å². The second-order valence-corrected chi connectivity index (χ2v) is 5.55. The van der Waals surface area contributed by atoms with Crippen LogP contribution in [0.3, 0.4) is 0 Å². The van der Waals surface area contributed by atoms with Gasteiger partial charge in [0.2, 0.25) is 0 Å². The molecule has 0 saturated heterocycles. The quantitative estimate of drug-likeness (QED) is 0.904. The predicted molar refractivity (Wildman–Crippen MR) is 83.9 cm³/mol. The van der Waals surface area contributed by atoms with E-state index in [4.69, 9.17) is 5.73 Å². The van der Waals surface area contributed by atoms with Crippen LogP contribution < -0.4 is 11.1 Å². The lowest BCUT2D eigenvalue weighted by atomic mass is 10.1. The average molecular weight is 337 g/mol. The summed E-state index contributed by atoms with van der Waals surface area (Å²) in [6.07, 6.45) is 1.50. The van der Waals surface area contributed by atoms with Gasteiger partial charge in [0.1, 0.15) is 5.69 Å². The Bertz CT molecular complexity index is 640. The standard InChI is InChI=1S/C14H17BrN4O/c1-4-19-13(11(16)7-17-19)14(20)18-12-8(2)5-10(15)6-9(12)3/h5-7H,4,16H2,1-3H3,(H,18,20). The topological polar surface area (TPSA) is 72.9 Å². The summed E-state index contributed by atoms with van der Waals surface area (Å²) in [6, 6.07) is 3.92. The van der Waals surface area contributed by atoms with E-state index in [9.17, 15) is 4.79 Å². The summed E-state index contributed by atoms with van der Waals surface area (Å²) in [5.74, 6) is -0.240. The minimum Gasteiger partial charge on any atom is -0.396 e. The molecule has 0 bridgehead atoms. The van der Waals surface area contributed by atoms with Gasteiger partial charge in [0, 0.05) is 16.7 Å². The highest BCUT2D eigenvalue weighted by atomic mass is 79.9. The Labute approximate surface area is 126 Å². The average Bonchev–Trinajstić information content (AvgIpc) is 2.74. The van der Waals surface area contributed by atoms with Crippen LogP contribution in [0.4, 0.5) is 11.4 Å². The summed E-state index contributed by atoms with van der Waals surface area (Å²) in [6.45, 7) is 6.42. The number of nitrogen functional groups attached to an aromatic ring is 1. The van der Waals surface area contributed by atoms with Crippen molar-refractivity contribution in [2.75, 3.05) is 11.1 Å². The van der Waals surface area contributed by atoms with E-state index in [0.717, 1.165) is 21.3 Å². The summed E-state index contributed by atoms with van der Waals surface area (Å²) < 4.78 is 2.58. The van der Waals surface area contributed by atoms with E-state index in [0.29, 0.717) is 17.9 Å². The van der Waals surface area contributed by atoms with E-state index < -0.39 is 0 Å². The zero-order chi connectivity index (χ0) is 14.9. The Kier molecular flexibility index (Phi) is 4.13. The highest BCUT2D eigenvalue weighted by Gasteiger charge is 2.17. The molecule has 0 aliphatic carbocycles. The molecular weight excluding hydrogens is 320 g/mol. The summed E-state index contributed by atoms with van der Waals surface area (Å²) in [4.78, 5) is 12.4. The summed E-state index contributed by atoms with van der Waals surface area (Å²) >= 11 is 3.44. The number of nitrogens with two attached hydrogens (primary N) is 1. The zero-order valence-electron chi connectivity index (χ0n) is 11.7. The van der Waals surface area contributed by atoms with E-state index in [2.05, 4.69) is 26.3 Å². The first-order chi connectivity index (χ1) is 9.43. The van der Waals surface area contributed by atoms with Crippen LogP contribution >= 0.6 is 15.9 Å². The second kappa shape index (κ2) is 5.66. The molecule has 0 atom stereocenters. The maximum atomic E-state index is 12.4. The fraction of sp³-hybridized carbons (Fsp3) is 0.286. The Hall–Kier alpha value is -1.82. The molecule has 0 saturated carbocycles. The SMILES string of the molecule is CCn1ncc(N)c1C(=O)Nc1c(C)cc(Br)cc1C. The van der Waals surface area contributed by atoms with E-state index in [1.807, 2.05) is 32.9 Å². The fourth-order valence-electron chi connectivity index (χ4n) is 2.17. The monoisotopic (exact) mass is 336 g/mol. The third kappa shape index (κ3) is 2.70. The van der Waals surface area contributed by atoms with E-state index in [1.54, 1.807) is 4.68 Å². The molecule has 0 fully saturated rings. The molecular formula is C14H17BrN4O. The normalized spacial score (nSPS) is 10.6. The first kappa shape index (κ1) is 14.6. The Morgan fingerprint density at radius 1 is 1.40 bits per heavy atom. The Morgan fingerprint density at radius 2 is 2.00 bits per heavy atom. The van der Waals surface area contributed by atoms with Crippen LogP contribution in [0.5, 0.6) is 0 Å². The number of benzene rings is 1. The van der Waals surface area contributed by atoms with Gasteiger partial charge < -0.3 is 11.1 Å². The number of hydrogen-bond donors (Lipinski definition) is 2. The van der Waals surface area contributed by atoms with Crippen molar-refractivity contribution in [2.45, 2.75) is 27.3 Å². The number of nitrogens with zero attached hydrogens (tertiary/aromatic N) is 2. The molecule has 2 aromatic rings. The highest BCUT2D eigenvalue weighted by molar-refractivity contribution is 9.10. The van der Waals surface area contributed by atoms with Crippen molar-refractivity contribution >= 4 is 33.2 Å². The molecule has 1 heterocycles. The Balaban J connectivity index is 2.35. The van der Waals surface area contributed by atoms with Gasteiger partial charge in [0.05, 0.1) is 11.9 Å². The van der Waals surface area contributed by atoms with E-state index in [-0.39, 0.29) is 5.91 Å². The number of amides is 1. The zero-order valence-corrected chi connectivity index (χ0v) is 13.3. The molecule has 106 valence electrons. The molecule has 3 N–H and O–H groups in total. The number of aryl methyl sites for hydroxylation is 3. The predicted octanol–water partition coefficient (Wildman–Crippen LogP) is 3.12. The van der Waals surface area contributed by atoms with Gasteiger partial charge in [-0.1, -0.05) is 15.9 Å². The number of carbonyl (C=O) groups is 1. The molecule has 6 heteroatoms. The number of hydrogen-bond acceptors (Lipinski definition) is 3. The van der Waals surface area contributed by atoms with Crippen LogP contribution in [0.1, 0.15) is 28.5 Å². The van der Waals surface area contributed by atoms with Gasteiger partial charge in [-0.05, 0) is 44.0 Å². The lowest BCUT2D eigenvalue weighted by molar-refractivity contribution is 0.101. The van der Waals surface area contributed by atoms with Crippen molar-refractivity contribution in [2.24, 2.45) is 0 Å². The van der Waals surface area contributed by atoms with Gasteiger partial charge in [0.25, 0.3) is 5.91 Å². The van der Waals surface area contributed by atoms with Crippen molar-refractivity contribution in [3.63, 3.8) is 0 Å². The maximum Gasteiger partial charge on any atom is 0.276 e. The molecule has 1 aromatic heterocycles. The van der Waals surface area contributed by atoms with Gasteiger partial charge in [-0.15, -0.1) is 0 Å². The van der Waals surface area contributed by atoms with Crippen molar-refractivity contribution in [3.8, 4) is 0 Å². The second-order valence-electron chi connectivity index (χ2n) is 4.63. The lowest BCUT2D eigenvalue weighted by Gasteiger charge is -2.13. The number of nitrogens with one attached hydrogen (secondary N) is 1. The maximum absolute atomic E-state index is 12.4. The van der Waals surface area contributed by atoms with Crippen molar-refractivity contribution in [3.05, 3.63) is 39.6 Å². The van der Waals surface area contributed by atoms with Gasteiger partial charge in [0.15, 0.2) is 0 Å². The molecule has 0 unspecified atom stereocenters. The third-order valence-electron chi connectivity index (χ3n) is 3.12. The molecule has 5 nitrogen and oxygen atoms in total. The first-order valence-electron chi connectivity index (χ1n) is 6.33. The van der Waals surface area contributed by atoms with Crippen molar-refractivity contribution < 1.29 is 4.79 Å². The molecule has 0 radical (unpaired) electrons. The molecule has 1 aromatic carbocycles. The van der Waals surface area contributed by atoms with Crippen LogP contribution in [0.2, 0.25) is 0 Å². The third-order valence-corrected chi connectivity index (χ3v) is 3.58. The first-order valence-corrected chi connectivity index (χ1v) is 7.12. The van der Waals surface area contributed by atoms with Crippen LogP contribution in [0.25, 0.3) is 0 Å². The number of carbonyl (C=O) groups excluding carboxylic acids is 1. The van der Waals surface area contributed by atoms with Crippen LogP contribution in [0.15, 0.2) is 22.8 Å². The van der Waals surface area contributed by atoms with Crippen LogP contribution in [-0.2, 0) is 6.54 Å². The summed E-state index contributed by atoms with van der Waals surface area (Å²) in [5.41, 5.74) is 9.39. The fourth-order valence-corrected chi connectivity index (χ4v) is 2.86. The highest BCUT2D eigenvalue weighted by Crippen LogP contribution is 2.26. The number of rotatable bonds is 3. The summed E-state index contributed by atoms with van der Waals surface area (Å²) in [5, 5.41) is 7.00. The van der Waals surface area contributed by atoms with E-state index in [1.165, 1.54) is 6.20 Å². The van der Waals surface area contributed by atoms with Crippen molar-refractivity contribution in [1.82, 2.24) is 9.78 Å². The largest absolute Gasteiger partial charge is 0.396 e. The van der Waals surface area contributed by atoms with Crippen molar-refractivity contribution in [1.29, 1.82) is 0 Å². The van der Waals surface area contributed by atoms with Crippen LogP contribution in [0, 0.1) is 13.8 Å². The van der Waals surface area contributed by atoms with Gasteiger partial charge in [-0.3, -0.25) is 9.48 Å². The molecule has 0 aliphatic heterocycles. The smallest absolute Gasteiger partial charge is 0.276 e. The van der Waals surface area contributed by atoms with Crippen LogP contribution in [-0.4, -0.2) is 15.7 Å². The number of anilines is 2. The summed E-state index contributed by atoms with van der Waals surface area (Å²) in [7, 11) is 0. The molecule has 0 spiro atoms. The van der Waals surface area contributed by atoms with Gasteiger partial charge >= 0.3 is 0 Å². The lowest BCUT2D eigenvalue weighted by Crippen LogP contribution is -2.19. The number of halogens is 1. The van der Waals surface area contributed by atoms with E-state index >= 15 is 0 Å². The molecule has 2 rings (SSSR count). The minimum absolute atomic E-state index is 0.240. The molecule has 0 aliphatic rings.